The topological polar surface area (TPSA) is 46.6 Å². The van der Waals surface area contributed by atoms with Gasteiger partial charge in [0.25, 0.3) is 0 Å². The number of esters is 1. The Balaban J connectivity index is 1.87. The number of piperidine rings is 1. The summed E-state index contributed by atoms with van der Waals surface area (Å²) in [5.74, 6) is -0.240. The van der Waals surface area contributed by atoms with Crippen LogP contribution in [0.5, 0.6) is 0 Å². The molecule has 0 N–H and O–H groups in total. The maximum absolute atomic E-state index is 12.1. The van der Waals surface area contributed by atoms with Crippen LogP contribution in [0.15, 0.2) is 30.3 Å². The van der Waals surface area contributed by atoms with Crippen molar-refractivity contribution in [3.05, 3.63) is 41.5 Å². The van der Waals surface area contributed by atoms with Gasteiger partial charge in [0.2, 0.25) is 5.91 Å². The summed E-state index contributed by atoms with van der Waals surface area (Å²) in [6.07, 6.45) is 4.78. The average Bonchev–Trinajstić information content (AvgIpc) is 2.53. The molecule has 4 nitrogen and oxygen atoms in total. The lowest BCUT2D eigenvalue weighted by atomic mass is 9.97. The largest absolute Gasteiger partial charge is 0.469 e. The molecule has 0 bridgehead atoms. The molecule has 21 heavy (non-hydrogen) atoms. The van der Waals surface area contributed by atoms with E-state index in [9.17, 15) is 9.59 Å². The molecule has 0 aromatic heterocycles. The van der Waals surface area contributed by atoms with E-state index < -0.39 is 0 Å². The molecule has 112 valence electrons. The number of nitrogens with zero attached hydrogens (tertiary/aromatic N) is 1. The van der Waals surface area contributed by atoms with Crippen LogP contribution in [0.1, 0.15) is 24.0 Å². The van der Waals surface area contributed by atoms with E-state index in [0.717, 1.165) is 5.56 Å². The molecule has 0 radical (unpaired) electrons. The van der Waals surface area contributed by atoms with E-state index >= 15 is 0 Å². The SMILES string of the molecule is COC(=O)C1CCN(C(=O)/C=C/c2ccc(C)cc2)CC1. The second-order valence-corrected chi connectivity index (χ2v) is 5.37. The fourth-order valence-corrected chi connectivity index (χ4v) is 2.45. The van der Waals surface area contributed by atoms with Gasteiger partial charge in [-0.05, 0) is 31.4 Å². The van der Waals surface area contributed by atoms with Gasteiger partial charge < -0.3 is 9.64 Å². The summed E-state index contributed by atoms with van der Waals surface area (Å²) in [5.41, 5.74) is 2.21. The highest BCUT2D eigenvalue weighted by Gasteiger charge is 2.26. The standard InChI is InChI=1S/C17H21NO3/c1-13-3-5-14(6-4-13)7-8-16(19)18-11-9-15(10-12-18)17(20)21-2/h3-8,15H,9-12H2,1-2H3/b8-7+. The predicted octanol–water partition coefficient (Wildman–Crippen LogP) is 2.42. The number of hydrogen-bond acceptors (Lipinski definition) is 3. The lowest BCUT2D eigenvalue weighted by molar-refractivity contribution is -0.148. The third-order valence-electron chi connectivity index (χ3n) is 3.84. The number of ether oxygens (including phenoxy) is 1. The molecule has 0 unspecified atom stereocenters. The fraction of sp³-hybridized carbons (Fsp3) is 0.412. The normalized spacial score (nSPS) is 16.2. The van der Waals surface area contributed by atoms with Gasteiger partial charge in [-0.25, -0.2) is 0 Å². The van der Waals surface area contributed by atoms with E-state index in [2.05, 4.69) is 0 Å². The van der Waals surface area contributed by atoms with Crippen LogP contribution in [0.3, 0.4) is 0 Å². The van der Waals surface area contributed by atoms with Crippen molar-refractivity contribution in [2.45, 2.75) is 19.8 Å². The van der Waals surface area contributed by atoms with E-state index in [1.54, 1.807) is 11.0 Å². The second-order valence-electron chi connectivity index (χ2n) is 5.37. The van der Waals surface area contributed by atoms with Crippen LogP contribution in [-0.2, 0) is 14.3 Å². The molecule has 1 aliphatic rings. The van der Waals surface area contributed by atoms with Crippen LogP contribution in [-0.4, -0.2) is 37.0 Å². The summed E-state index contributed by atoms with van der Waals surface area (Å²) in [6.45, 7) is 3.25. The molecule has 1 aliphatic heterocycles. The van der Waals surface area contributed by atoms with Crippen LogP contribution in [0, 0.1) is 12.8 Å². The molecule has 1 aromatic rings. The molecule has 1 fully saturated rings. The van der Waals surface area contributed by atoms with Crippen LogP contribution in [0.4, 0.5) is 0 Å². The van der Waals surface area contributed by atoms with Gasteiger partial charge in [0.1, 0.15) is 0 Å². The van der Waals surface area contributed by atoms with Gasteiger partial charge in [-0.3, -0.25) is 9.59 Å². The summed E-state index contributed by atoms with van der Waals surface area (Å²) in [4.78, 5) is 25.3. The molecule has 0 spiro atoms. The minimum atomic E-state index is -0.169. The number of amides is 1. The maximum Gasteiger partial charge on any atom is 0.308 e. The Morgan fingerprint density at radius 3 is 2.38 bits per heavy atom. The van der Waals surface area contributed by atoms with Crippen molar-refractivity contribution in [2.24, 2.45) is 5.92 Å². The molecule has 0 aliphatic carbocycles. The Hall–Kier alpha value is -2.10. The molecule has 4 heteroatoms. The minimum Gasteiger partial charge on any atom is -0.469 e. The highest BCUT2D eigenvalue weighted by molar-refractivity contribution is 5.92. The summed E-state index contributed by atoms with van der Waals surface area (Å²) in [7, 11) is 1.41. The summed E-state index contributed by atoms with van der Waals surface area (Å²) >= 11 is 0. The highest BCUT2D eigenvalue weighted by atomic mass is 16.5. The molecular weight excluding hydrogens is 266 g/mol. The van der Waals surface area contributed by atoms with E-state index in [0.29, 0.717) is 25.9 Å². The monoisotopic (exact) mass is 287 g/mol. The number of benzene rings is 1. The van der Waals surface area contributed by atoms with Gasteiger partial charge in [0.05, 0.1) is 13.0 Å². The fourth-order valence-electron chi connectivity index (χ4n) is 2.45. The smallest absolute Gasteiger partial charge is 0.308 e. The van der Waals surface area contributed by atoms with E-state index in [4.69, 9.17) is 4.74 Å². The third-order valence-corrected chi connectivity index (χ3v) is 3.84. The molecular formula is C17H21NO3. The van der Waals surface area contributed by atoms with Crippen LogP contribution in [0.2, 0.25) is 0 Å². The Morgan fingerprint density at radius 2 is 1.81 bits per heavy atom. The first-order valence-electron chi connectivity index (χ1n) is 7.21. The van der Waals surface area contributed by atoms with Crippen molar-refractivity contribution >= 4 is 18.0 Å². The van der Waals surface area contributed by atoms with E-state index in [-0.39, 0.29) is 17.8 Å². The molecule has 0 saturated carbocycles. The van der Waals surface area contributed by atoms with Crippen molar-refractivity contribution in [2.75, 3.05) is 20.2 Å². The predicted molar refractivity (Wildman–Crippen MR) is 81.5 cm³/mol. The average molecular weight is 287 g/mol. The van der Waals surface area contributed by atoms with Gasteiger partial charge in [-0.2, -0.15) is 0 Å². The molecule has 1 amide bonds. The van der Waals surface area contributed by atoms with Crippen molar-refractivity contribution in [1.29, 1.82) is 0 Å². The van der Waals surface area contributed by atoms with Gasteiger partial charge in [0, 0.05) is 19.2 Å². The first-order chi connectivity index (χ1) is 10.1. The summed E-state index contributed by atoms with van der Waals surface area (Å²) in [5, 5.41) is 0. The van der Waals surface area contributed by atoms with Gasteiger partial charge in [-0.15, -0.1) is 0 Å². The first kappa shape index (κ1) is 15.3. The Labute approximate surface area is 125 Å². The molecule has 1 saturated heterocycles. The molecule has 0 atom stereocenters. The van der Waals surface area contributed by atoms with E-state index in [1.165, 1.54) is 12.7 Å². The number of carbonyl (C=O) groups excluding carboxylic acids is 2. The zero-order valence-corrected chi connectivity index (χ0v) is 12.5. The van der Waals surface area contributed by atoms with Crippen molar-refractivity contribution in [3.63, 3.8) is 0 Å². The summed E-state index contributed by atoms with van der Waals surface area (Å²) < 4.78 is 4.74. The Morgan fingerprint density at radius 1 is 1.19 bits per heavy atom. The maximum atomic E-state index is 12.1. The van der Waals surface area contributed by atoms with Crippen LogP contribution < -0.4 is 0 Å². The lowest BCUT2D eigenvalue weighted by Gasteiger charge is -2.29. The van der Waals surface area contributed by atoms with Crippen LogP contribution >= 0.6 is 0 Å². The first-order valence-corrected chi connectivity index (χ1v) is 7.21. The Bertz CT molecular complexity index is 525. The zero-order chi connectivity index (χ0) is 15.2. The number of carbonyl (C=O) groups is 2. The number of rotatable bonds is 3. The third kappa shape index (κ3) is 4.18. The quantitative estimate of drug-likeness (QED) is 0.633. The summed E-state index contributed by atoms with van der Waals surface area (Å²) in [6, 6.07) is 8.02. The zero-order valence-electron chi connectivity index (χ0n) is 12.5. The van der Waals surface area contributed by atoms with Gasteiger partial charge in [-0.1, -0.05) is 29.8 Å². The van der Waals surface area contributed by atoms with E-state index in [1.807, 2.05) is 37.3 Å². The highest BCUT2D eigenvalue weighted by Crippen LogP contribution is 2.18. The molecule has 1 aromatic carbocycles. The number of methoxy groups -OCH3 is 1. The molecule has 1 heterocycles. The van der Waals surface area contributed by atoms with Crippen LogP contribution in [0.25, 0.3) is 6.08 Å². The Kier molecular flexibility index (Phi) is 5.14. The van der Waals surface area contributed by atoms with Crippen molar-refractivity contribution in [3.8, 4) is 0 Å². The number of aryl methyl sites for hydroxylation is 1. The van der Waals surface area contributed by atoms with Gasteiger partial charge in [0.15, 0.2) is 0 Å². The molecule has 2 rings (SSSR count). The van der Waals surface area contributed by atoms with Gasteiger partial charge >= 0.3 is 5.97 Å². The van der Waals surface area contributed by atoms with Crippen molar-refractivity contribution in [1.82, 2.24) is 4.90 Å². The number of likely N-dealkylation sites (tertiary alicyclic amines) is 1. The number of hydrogen-bond donors (Lipinski definition) is 0. The van der Waals surface area contributed by atoms with Crippen molar-refractivity contribution < 1.29 is 14.3 Å². The minimum absolute atomic E-state index is 0.00103. The lowest BCUT2D eigenvalue weighted by Crippen LogP contribution is -2.39. The second kappa shape index (κ2) is 7.07.